The number of ether oxygens (including phenoxy) is 1. The molecule has 1 N–H and O–H groups in total. The second-order valence-corrected chi connectivity index (χ2v) is 6.69. The van der Waals surface area contributed by atoms with Gasteiger partial charge < -0.3 is 19.6 Å². The largest absolute Gasteiger partial charge is 0.481 e. The molecule has 3 saturated heterocycles. The maximum Gasteiger partial charge on any atom is 0.321 e. The molecule has 0 aromatic rings. The van der Waals surface area contributed by atoms with Crippen molar-refractivity contribution in [1.29, 1.82) is 0 Å². The minimum atomic E-state index is -0.767. The first kappa shape index (κ1) is 13.7. The number of hydrogen-bond donors (Lipinski definition) is 1. The molecule has 0 aromatic carbocycles. The number of carboxylic acid groups (broad SMARTS) is 1. The molecule has 0 saturated carbocycles. The number of hydrogen-bond acceptors (Lipinski definition) is 3. The molecule has 20 heavy (non-hydrogen) atoms. The quantitative estimate of drug-likeness (QED) is 0.783. The summed E-state index contributed by atoms with van der Waals surface area (Å²) >= 11 is 0. The zero-order valence-electron chi connectivity index (χ0n) is 12.0. The van der Waals surface area contributed by atoms with E-state index in [9.17, 15) is 14.7 Å². The van der Waals surface area contributed by atoms with Crippen LogP contribution in [0.25, 0.3) is 0 Å². The average Bonchev–Trinajstić information content (AvgIpc) is 2.94. The predicted octanol–water partition coefficient (Wildman–Crippen LogP) is 1.15. The smallest absolute Gasteiger partial charge is 0.321 e. The molecule has 0 aliphatic carbocycles. The Morgan fingerprint density at radius 2 is 2.05 bits per heavy atom. The van der Waals surface area contributed by atoms with Gasteiger partial charge in [0.2, 0.25) is 0 Å². The third-order valence-electron chi connectivity index (χ3n) is 4.95. The topological polar surface area (TPSA) is 70.1 Å². The van der Waals surface area contributed by atoms with Crippen molar-refractivity contribution in [1.82, 2.24) is 9.80 Å². The molecule has 3 aliphatic rings. The fourth-order valence-corrected chi connectivity index (χ4v) is 3.90. The van der Waals surface area contributed by atoms with E-state index >= 15 is 0 Å². The van der Waals surface area contributed by atoms with Gasteiger partial charge in [-0.15, -0.1) is 0 Å². The van der Waals surface area contributed by atoms with Crippen LogP contribution in [-0.2, 0) is 9.53 Å². The van der Waals surface area contributed by atoms with E-state index in [0.29, 0.717) is 26.2 Å². The van der Waals surface area contributed by atoms with E-state index < -0.39 is 5.97 Å². The van der Waals surface area contributed by atoms with Gasteiger partial charge in [-0.05, 0) is 33.1 Å². The predicted molar refractivity (Wildman–Crippen MR) is 71.4 cm³/mol. The summed E-state index contributed by atoms with van der Waals surface area (Å²) in [5.74, 6) is -1.15. The van der Waals surface area contributed by atoms with Crippen molar-refractivity contribution in [2.45, 2.75) is 50.7 Å². The molecule has 3 aliphatic heterocycles. The monoisotopic (exact) mass is 282 g/mol. The van der Waals surface area contributed by atoms with E-state index in [1.807, 2.05) is 23.6 Å². The van der Waals surface area contributed by atoms with Crippen LogP contribution in [0.15, 0.2) is 0 Å². The number of nitrogens with zero attached hydrogens (tertiary/aromatic N) is 2. The Hall–Kier alpha value is -1.30. The summed E-state index contributed by atoms with van der Waals surface area (Å²) in [6.45, 7) is 5.66. The Labute approximate surface area is 118 Å². The maximum absolute atomic E-state index is 12.8. The lowest BCUT2D eigenvalue weighted by Crippen LogP contribution is -2.60. The third kappa shape index (κ3) is 1.97. The lowest BCUT2D eigenvalue weighted by Gasteiger charge is -2.44. The van der Waals surface area contributed by atoms with Crippen molar-refractivity contribution in [3.63, 3.8) is 0 Å². The number of carbonyl (C=O) groups excluding carboxylic acids is 1. The van der Waals surface area contributed by atoms with Gasteiger partial charge in [-0.2, -0.15) is 0 Å². The van der Waals surface area contributed by atoms with Crippen LogP contribution < -0.4 is 0 Å². The van der Waals surface area contributed by atoms with E-state index in [0.717, 1.165) is 12.8 Å². The second kappa shape index (κ2) is 4.62. The first-order chi connectivity index (χ1) is 9.42. The van der Waals surface area contributed by atoms with Gasteiger partial charge in [-0.25, -0.2) is 4.79 Å². The van der Waals surface area contributed by atoms with Crippen molar-refractivity contribution in [2.75, 3.05) is 19.8 Å². The number of rotatable bonds is 1. The number of carbonyl (C=O) groups is 2. The van der Waals surface area contributed by atoms with E-state index in [4.69, 9.17) is 4.74 Å². The van der Waals surface area contributed by atoms with Crippen molar-refractivity contribution in [2.24, 2.45) is 5.92 Å². The molecule has 112 valence electrons. The molecule has 0 aromatic heterocycles. The summed E-state index contributed by atoms with van der Waals surface area (Å²) in [6, 6.07) is -0.0227. The van der Waals surface area contributed by atoms with Crippen LogP contribution in [-0.4, -0.2) is 64.3 Å². The molecule has 3 fully saturated rings. The first-order valence-corrected chi connectivity index (χ1v) is 7.32. The molecular weight excluding hydrogens is 260 g/mol. The number of aliphatic carboxylic acids is 1. The van der Waals surface area contributed by atoms with E-state index in [2.05, 4.69) is 0 Å². The number of carboxylic acids is 1. The van der Waals surface area contributed by atoms with E-state index in [-0.39, 0.29) is 29.6 Å². The molecule has 6 heteroatoms. The van der Waals surface area contributed by atoms with Gasteiger partial charge in [0.15, 0.2) is 0 Å². The molecule has 0 radical (unpaired) electrons. The number of amides is 2. The van der Waals surface area contributed by atoms with E-state index in [1.54, 1.807) is 0 Å². The van der Waals surface area contributed by atoms with Gasteiger partial charge in [-0.1, -0.05) is 0 Å². The molecule has 3 atom stereocenters. The Balaban J connectivity index is 1.79. The molecule has 0 spiro atoms. The Kier molecular flexibility index (Phi) is 3.16. The zero-order valence-corrected chi connectivity index (χ0v) is 12.0. The van der Waals surface area contributed by atoms with Crippen LogP contribution in [0.1, 0.15) is 33.1 Å². The molecule has 6 nitrogen and oxygen atoms in total. The van der Waals surface area contributed by atoms with Crippen LogP contribution in [0.5, 0.6) is 0 Å². The molecule has 3 rings (SSSR count). The molecule has 3 heterocycles. The Morgan fingerprint density at radius 3 is 2.65 bits per heavy atom. The normalized spacial score (nSPS) is 35.4. The van der Waals surface area contributed by atoms with Gasteiger partial charge in [0.1, 0.15) is 0 Å². The standard InChI is InChI=1S/C14H22N2O4/c1-14(2)8-20-6-5-15(14)13(19)16-9-3-4-11(16)10(7-9)12(17)18/h9-11H,3-8H2,1-2H3,(H,17,18). The highest BCUT2D eigenvalue weighted by atomic mass is 16.5. The van der Waals surface area contributed by atoms with Crippen molar-refractivity contribution in [3.05, 3.63) is 0 Å². The van der Waals surface area contributed by atoms with Gasteiger partial charge >= 0.3 is 12.0 Å². The summed E-state index contributed by atoms with van der Waals surface area (Å²) < 4.78 is 5.45. The number of urea groups is 1. The van der Waals surface area contributed by atoms with Crippen LogP contribution >= 0.6 is 0 Å². The highest BCUT2D eigenvalue weighted by molar-refractivity contribution is 5.80. The summed E-state index contributed by atoms with van der Waals surface area (Å²) in [5, 5.41) is 9.28. The molecule has 2 bridgehead atoms. The van der Waals surface area contributed by atoms with Crippen LogP contribution in [0.3, 0.4) is 0 Å². The zero-order chi connectivity index (χ0) is 14.5. The van der Waals surface area contributed by atoms with Crippen molar-refractivity contribution >= 4 is 12.0 Å². The fourth-order valence-electron chi connectivity index (χ4n) is 3.90. The number of morpholine rings is 1. The fraction of sp³-hybridized carbons (Fsp3) is 0.857. The van der Waals surface area contributed by atoms with Crippen LogP contribution in [0.2, 0.25) is 0 Å². The number of fused-ring (bicyclic) bond motifs is 2. The Morgan fingerprint density at radius 1 is 1.30 bits per heavy atom. The van der Waals surface area contributed by atoms with E-state index in [1.165, 1.54) is 0 Å². The van der Waals surface area contributed by atoms with Crippen LogP contribution in [0.4, 0.5) is 4.79 Å². The average molecular weight is 282 g/mol. The maximum atomic E-state index is 12.8. The Bertz CT molecular complexity index is 437. The molecule has 3 unspecified atom stereocenters. The van der Waals surface area contributed by atoms with Gasteiger partial charge in [0.25, 0.3) is 0 Å². The third-order valence-corrected chi connectivity index (χ3v) is 4.95. The highest BCUT2D eigenvalue weighted by Crippen LogP contribution is 2.43. The summed E-state index contributed by atoms with van der Waals surface area (Å²) in [6.07, 6.45) is 2.36. The second-order valence-electron chi connectivity index (χ2n) is 6.69. The minimum absolute atomic E-state index is 0.00505. The lowest BCUT2D eigenvalue weighted by molar-refractivity contribution is -0.142. The lowest BCUT2D eigenvalue weighted by atomic mass is 9.89. The summed E-state index contributed by atoms with van der Waals surface area (Å²) in [5.41, 5.74) is -0.323. The highest BCUT2D eigenvalue weighted by Gasteiger charge is 2.53. The summed E-state index contributed by atoms with van der Waals surface area (Å²) in [7, 11) is 0. The molecular formula is C14H22N2O4. The minimum Gasteiger partial charge on any atom is -0.481 e. The SMILES string of the molecule is CC1(C)COCCN1C(=O)N1C2CCC1C(C(=O)O)C2. The van der Waals surface area contributed by atoms with Crippen LogP contribution in [0, 0.1) is 5.92 Å². The van der Waals surface area contributed by atoms with Crippen molar-refractivity contribution < 1.29 is 19.4 Å². The van der Waals surface area contributed by atoms with Gasteiger partial charge in [-0.3, -0.25) is 4.79 Å². The van der Waals surface area contributed by atoms with Crippen molar-refractivity contribution in [3.8, 4) is 0 Å². The first-order valence-electron chi connectivity index (χ1n) is 7.32. The summed E-state index contributed by atoms with van der Waals surface area (Å²) in [4.78, 5) is 27.8. The van der Waals surface area contributed by atoms with Gasteiger partial charge in [0, 0.05) is 18.6 Å². The van der Waals surface area contributed by atoms with Gasteiger partial charge in [0.05, 0.1) is 24.7 Å². The molecule has 2 amide bonds.